The molecule has 8 heteroatoms. The fourth-order valence-electron chi connectivity index (χ4n) is 2.67. The molecule has 0 fully saturated rings. The van der Waals surface area contributed by atoms with Gasteiger partial charge >= 0.3 is 5.97 Å². The van der Waals surface area contributed by atoms with Crippen molar-refractivity contribution < 1.29 is 23.9 Å². The van der Waals surface area contributed by atoms with E-state index in [0.29, 0.717) is 22.0 Å². The first-order chi connectivity index (χ1) is 12.5. The van der Waals surface area contributed by atoms with Crippen molar-refractivity contribution in [3.8, 4) is 5.75 Å². The van der Waals surface area contributed by atoms with Gasteiger partial charge in [-0.25, -0.2) is 4.79 Å². The van der Waals surface area contributed by atoms with Gasteiger partial charge in [0.15, 0.2) is 6.10 Å². The van der Waals surface area contributed by atoms with Gasteiger partial charge in [-0.15, -0.1) is 11.3 Å². The highest BCUT2D eigenvalue weighted by Gasteiger charge is 2.31. The van der Waals surface area contributed by atoms with Gasteiger partial charge in [0.05, 0.1) is 18.5 Å². The van der Waals surface area contributed by atoms with Gasteiger partial charge in [-0.2, -0.15) is 0 Å². The Morgan fingerprint density at radius 1 is 1.31 bits per heavy atom. The Morgan fingerprint density at radius 2 is 2.08 bits per heavy atom. The molecule has 1 unspecified atom stereocenters. The fraction of sp³-hybridized carbons (Fsp3) is 0.278. The van der Waals surface area contributed by atoms with Gasteiger partial charge in [0, 0.05) is 13.0 Å². The summed E-state index contributed by atoms with van der Waals surface area (Å²) in [6, 6.07) is 8.86. The summed E-state index contributed by atoms with van der Waals surface area (Å²) in [6.45, 7) is 1.90. The van der Waals surface area contributed by atoms with Gasteiger partial charge in [-0.3, -0.25) is 9.59 Å². The zero-order valence-electron chi connectivity index (χ0n) is 14.4. The standard InChI is InChI=1S/C18H18N2O5S/c1-11-17(22)20(13-5-3-4-6-14(13)25-11)9-7-15(21)19-12-8-10-26-16(12)18(23)24-2/h3-6,8,10-11H,7,9H2,1-2H3,(H,19,21). The molecule has 0 spiro atoms. The van der Waals surface area contributed by atoms with Crippen LogP contribution in [-0.2, 0) is 14.3 Å². The molecule has 0 saturated heterocycles. The molecule has 7 nitrogen and oxygen atoms in total. The summed E-state index contributed by atoms with van der Waals surface area (Å²) in [5, 5.41) is 4.40. The Bertz CT molecular complexity index is 848. The lowest BCUT2D eigenvalue weighted by molar-refractivity contribution is -0.125. The molecule has 136 valence electrons. The molecule has 0 saturated carbocycles. The zero-order valence-corrected chi connectivity index (χ0v) is 15.2. The summed E-state index contributed by atoms with van der Waals surface area (Å²) in [4.78, 5) is 38.3. The van der Waals surface area contributed by atoms with Crippen LogP contribution in [-0.4, -0.2) is 37.5 Å². The molecule has 2 aromatic rings. The van der Waals surface area contributed by atoms with Gasteiger partial charge in [0.2, 0.25) is 5.91 Å². The van der Waals surface area contributed by atoms with Crippen LogP contribution in [0.2, 0.25) is 0 Å². The average molecular weight is 374 g/mol. The van der Waals surface area contributed by atoms with Crippen molar-refractivity contribution in [2.24, 2.45) is 0 Å². The summed E-state index contributed by atoms with van der Waals surface area (Å²) in [7, 11) is 1.29. The van der Waals surface area contributed by atoms with Crippen molar-refractivity contribution in [1.29, 1.82) is 0 Å². The molecular formula is C18H18N2O5S. The van der Waals surface area contributed by atoms with Crippen molar-refractivity contribution in [2.75, 3.05) is 23.9 Å². The Hall–Kier alpha value is -2.87. The summed E-state index contributed by atoms with van der Waals surface area (Å²) in [5.74, 6) is -0.368. The van der Waals surface area contributed by atoms with Crippen LogP contribution in [0.1, 0.15) is 23.0 Å². The first kappa shape index (κ1) is 17.9. The SMILES string of the molecule is COC(=O)c1sccc1NC(=O)CCN1C(=O)C(C)Oc2ccccc21. The molecule has 1 aliphatic rings. The van der Waals surface area contributed by atoms with Crippen LogP contribution in [0, 0.1) is 0 Å². The van der Waals surface area contributed by atoms with E-state index < -0.39 is 12.1 Å². The average Bonchev–Trinajstić information content (AvgIpc) is 3.09. The van der Waals surface area contributed by atoms with Crippen molar-refractivity contribution >= 4 is 40.5 Å². The largest absolute Gasteiger partial charge is 0.479 e. The van der Waals surface area contributed by atoms with E-state index in [-0.39, 0.29) is 24.8 Å². The van der Waals surface area contributed by atoms with E-state index in [4.69, 9.17) is 9.47 Å². The number of esters is 1. The predicted molar refractivity (Wildman–Crippen MR) is 97.8 cm³/mol. The normalized spacial score (nSPS) is 15.8. The summed E-state index contributed by atoms with van der Waals surface area (Å²) < 4.78 is 10.3. The number of carbonyl (C=O) groups is 3. The minimum Gasteiger partial charge on any atom is -0.479 e. The Labute approximate surface area is 154 Å². The second kappa shape index (κ2) is 7.57. The smallest absolute Gasteiger partial charge is 0.350 e. The van der Waals surface area contributed by atoms with E-state index in [9.17, 15) is 14.4 Å². The number of amides is 2. The van der Waals surface area contributed by atoms with Crippen molar-refractivity contribution in [3.63, 3.8) is 0 Å². The molecule has 1 aliphatic heterocycles. The third-order valence-corrected chi connectivity index (χ3v) is 4.84. The summed E-state index contributed by atoms with van der Waals surface area (Å²) in [5.41, 5.74) is 1.06. The number of benzene rings is 1. The molecule has 3 rings (SSSR count). The highest BCUT2D eigenvalue weighted by Crippen LogP contribution is 2.33. The van der Waals surface area contributed by atoms with Crippen molar-refractivity contribution in [2.45, 2.75) is 19.4 Å². The van der Waals surface area contributed by atoms with Crippen LogP contribution < -0.4 is 15.0 Å². The molecule has 1 aromatic heterocycles. The maximum Gasteiger partial charge on any atom is 0.350 e. The predicted octanol–water partition coefficient (Wildman–Crippen LogP) is 2.68. The quantitative estimate of drug-likeness (QED) is 0.814. The van der Waals surface area contributed by atoms with E-state index in [1.807, 2.05) is 12.1 Å². The van der Waals surface area contributed by atoms with Crippen LogP contribution in [0.25, 0.3) is 0 Å². The summed E-state index contributed by atoms with van der Waals surface area (Å²) >= 11 is 1.19. The molecule has 1 N–H and O–H groups in total. The first-order valence-electron chi connectivity index (χ1n) is 8.04. The topological polar surface area (TPSA) is 84.9 Å². The summed E-state index contributed by atoms with van der Waals surface area (Å²) in [6.07, 6.45) is -0.515. The highest BCUT2D eigenvalue weighted by molar-refractivity contribution is 7.12. The molecule has 2 heterocycles. The number of anilines is 2. The van der Waals surface area contributed by atoms with E-state index >= 15 is 0 Å². The van der Waals surface area contributed by atoms with Gasteiger partial charge in [0.1, 0.15) is 10.6 Å². The fourth-order valence-corrected chi connectivity index (χ4v) is 3.44. The number of rotatable bonds is 5. The van der Waals surface area contributed by atoms with Crippen LogP contribution in [0.15, 0.2) is 35.7 Å². The molecule has 1 atom stereocenters. The monoisotopic (exact) mass is 374 g/mol. The van der Waals surface area contributed by atoms with Gasteiger partial charge in [-0.05, 0) is 30.5 Å². The number of hydrogen-bond acceptors (Lipinski definition) is 6. The number of para-hydroxylation sites is 2. The molecule has 1 aromatic carbocycles. The van der Waals surface area contributed by atoms with Gasteiger partial charge in [0.25, 0.3) is 5.91 Å². The lowest BCUT2D eigenvalue weighted by Crippen LogP contribution is -2.45. The number of ether oxygens (including phenoxy) is 2. The van der Waals surface area contributed by atoms with Gasteiger partial charge in [-0.1, -0.05) is 12.1 Å². The number of methoxy groups -OCH3 is 1. The molecule has 26 heavy (non-hydrogen) atoms. The van der Waals surface area contributed by atoms with E-state index in [0.717, 1.165) is 0 Å². The lowest BCUT2D eigenvalue weighted by atomic mass is 10.1. The number of nitrogens with zero attached hydrogens (tertiary/aromatic N) is 1. The van der Waals surface area contributed by atoms with Crippen molar-refractivity contribution in [1.82, 2.24) is 0 Å². The number of fused-ring (bicyclic) bond motifs is 1. The zero-order chi connectivity index (χ0) is 18.7. The Morgan fingerprint density at radius 3 is 2.85 bits per heavy atom. The third kappa shape index (κ3) is 3.55. The van der Waals surface area contributed by atoms with E-state index in [1.165, 1.54) is 18.4 Å². The number of hydrogen-bond donors (Lipinski definition) is 1. The van der Waals surface area contributed by atoms with E-state index in [1.54, 1.807) is 35.4 Å². The Kier molecular flexibility index (Phi) is 5.22. The maximum atomic E-state index is 12.4. The van der Waals surface area contributed by atoms with Crippen LogP contribution in [0.3, 0.4) is 0 Å². The third-order valence-electron chi connectivity index (χ3n) is 3.95. The molecule has 0 bridgehead atoms. The van der Waals surface area contributed by atoms with Crippen LogP contribution in [0.4, 0.5) is 11.4 Å². The Balaban J connectivity index is 1.67. The maximum absolute atomic E-state index is 12.4. The molecular weight excluding hydrogens is 356 g/mol. The highest BCUT2D eigenvalue weighted by atomic mass is 32.1. The number of thiophene rings is 1. The minimum atomic E-state index is -0.601. The minimum absolute atomic E-state index is 0.0866. The molecule has 2 amide bonds. The van der Waals surface area contributed by atoms with Crippen LogP contribution >= 0.6 is 11.3 Å². The lowest BCUT2D eigenvalue weighted by Gasteiger charge is -2.32. The number of nitrogens with one attached hydrogen (secondary N) is 1. The molecule has 0 radical (unpaired) electrons. The second-order valence-electron chi connectivity index (χ2n) is 5.67. The van der Waals surface area contributed by atoms with Crippen LogP contribution in [0.5, 0.6) is 5.75 Å². The first-order valence-corrected chi connectivity index (χ1v) is 8.92. The number of carbonyl (C=O) groups excluding carboxylic acids is 3. The second-order valence-corrected chi connectivity index (χ2v) is 6.59. The molecule has 0 aliphatic carbocycles. The van der Waals surface area contributed by atoms with Crippen molar-refractivity contribution in [3.05, 3.63) is 40.6 Å². The van der Waals surface area contributed by atoms with Gasteiger partial charge < -0.3 is 19.7 Å². The van der Waals surface area contributed by atoms with E-state index in [2.05, 4.69) is 5.32 Å².